The average Bonchev–Trinajstić information content (AvgIpc) is 2.75. The highest BCUT2D eigenvalue weighted by atomic mass is 79.9. The van der Waals surface area contributed by atoms with Gasteiger partial charge in [-0.1, -0.05) is 0 Å². The van der Waals surface area contributed by atoms with E-state index in [9.17, 15) is 8.42 Å². The van der Waals surface area contributed by atoms with Gasteiger partial charge in [0, 0.05) is 11.1 Å². The molecule has 1 fully saturated rings. The van der Waals surface area contributed by atoms with Crippen molar-refractivity contribution in [2.75, 3.05) is 6.61 Å². The number of halogens is 1. The summed E-state index contributed by atoms with van der Waals surface area (Å²) in [6, 6.07) is 1.73. The number of ether oxygens (including phenoxy) is 1. The molecule has 17 heavy (non-hydrogen) atoms. The summed E-state index contributed by atoms with van der Waals surface area (Å²) in [5.74, 6) is 0. The van der Waals surface area contributed by atoms with Crippen molar-refractivity contribution in [2.24, 2.45) is 0 Å². The van der Waals surface area contributed by atoms with Gasteiger partial charge in [0.25, 0.3) is 10.0 Å². The maximum atomic E-state index is 12.2. The predicted octanol–water partition coefficient (Wildman–Crippen LogP) is 2.36. The molecule has 2 unspecified atom stereocenters. The van der Waals surface area contributed by atoms with Gasteiger partial charge in [0.1, 0.15) is 4.21 Å². The van der Waals surface area contributed by atoms with Crippen LogP contribution >= 0.6 is 27.3 Å². The lowest BCUT2D eigenvalue weighted by molar-refractivity contribution is 0.0957. The molecule has 0 bridgehead atoms. The fourth-order valence-corrected chi connectivity index (χ4v) is 5.63. The Bertz CT molecular complexity index is 513. The number of nitrogens with one attached hydrogen (secondary N) is 1. The molecule has 2 atom stereocenters. The number of hydrogen-bond donors (Lipinski definition) is 1. The van der Waals surface area contributed by atoms with Gasteiger partial charge in [-0.2, -0.15) is 0 Å². The summed E-state index contributed by atoms with van der Waals surface area (Å²) in [6.45, 7) is 4.36. The Balaban J connectivity index is 2.27. The normalized spacial score (nSPS) is 29.7. The van der Waals surface area contributed by atoms with E-state index in [4.69, 9.17) is 4.74 Å². The van der Waals surface area contributed by atoms with Crippen LogP contribution < -0.4 is 4.72 Å². The van der Waals surface area contributed by atoms with Crippen molar-refractivity contribution in [3.05, 3.63) is 15.9 Å². The first-order valence-electron chi connectivity index (χ1n) is 5.24. The molecule has 1 aromatic heterocycles. The molecule has 4 nitrogen and oxygen atoms in total. The monoisotopic (exact) mass is 339 g/mol. The van der Waals surface area contributed by atoms with Gasteiger partial charge in [-0.05, 0) is 47.6 Å². The lowest BCUT2D eigenvalue weighted by Gasteiger charge is -2.28. The minimum absolute atomic E-state index is 0.115. The SMILES string of the molecule is CC1OCCC1(C)NS(=O)(=O)c1sccc1Br. The number of rotatable bonds is 3. The van der Waals surface area contributed by atoms with Crippen molar-refractivity contribution >= 4 is 37.3 Å². The predicted molar refractivity (Wildman–Crippen MR) is 70.8 cm³/mol. The van der Waals surface area contributed by atoms with Gasteiger partial charge < -0.3 is 4.74 Å². The van der Waals surface area contributed by atoms with E-state index < -0.39 is 15.6 Å². The molecule has 2 rings (SSSR count). The van der Waals surface area contributed by atoms with Crippen molar-refractivity contribution in [1.82, 2.24) is 4.72 Å². The van der Waals surface area contributed by atoms with Crippen molar-refractivity contribution in [3.63, 3.8) is 0 Å². The van der Waals surface area contributed by atoms with Gasteiger partial charge in [-0.3, -0.25) is 0 Å². The molecule has 0 radical (unpaired) electrons. The summed E-state index contributed by atoms with van der Waals surface area (Å²) in [7, 11) is -3.48. The summed E-state index contributed by atoms with van der Waals surface area (Å²) < 4.78 is 33.6. The number of sulfonamides is 1. The second kappa shape index (κ2) is 4.62. The smallest absolute Gasteiger partial charge is 0.251 e. The Hall–Kier alpha value is 0.0500. The zero-order chi connectivity index (χ0) is 12.7. The molecule has 1 saturated heterocycles. The molecule has 1 aromatic rings. The quantitative estimate of drug-likeness (QED) is 0.919. The van der Waals surface area contributed by atoms with E-state index in [1.54, 1.807) is 11.4 Å². The van der Waals surface area contributed by atoms with Crippen LogP contribution in [0.3, 0.4) is 0 Å². The fraction of sp³-hybridized carbons (Fsp3) is 0.600. The molecule has 96 valence electrons. The van der Waals surface area contributed by atoms with Crippen LogP contribution in [-0.2, 0) is 14.8 Å². The summed E-state index contributed by atoms with van der Waals surface area (Å²) in [6.07, 6.45) is 0.576. The molecular formula is C10H14BrNO3S2. The standard InChI is InChI=1S/C10H14BrNO3S2/c1-7-10(2,4-5-15-7)12-17(13,14)9-8(11)3-6-16-9/h3,6-7,12H,4-5H2,1-2H3. The Kier molecular flexibility index (Phi) is 3.66. The molecule has 1 aliphatic heterocycles. The molecule has 1 aliphatic rings. The van der Waals surface area contributed by atoms with Crippen LogP contribution in [0, 0.1) is 0 Å². The van der Waals surface area contributed by atoms with Crippen molar-refractivity contribution in [2.45, 2.75) is 36.1 Å². The molecule has 2 heterocycles. The van der Waals surface area contributed by atoms with Crippen LogP contribution in [0.4, 0.5) is 0 Å². The third kappa shape index (κ3) is 2.58. The second-order valence-corrected chi connectivity index (χ2v) is 7.99. The minimum atomic E-state index is -3.48. The zero-order valence-electron chi connectivity index (χ0n) is 9.57. The summed E-state index contributed by atoms with van der Waals surface area (Å²) >= 11 is 4.45. The Labute approximate surface area is 114 Å². The van der Waals surface area contributed by atoms with Crippen molar-refractivity contribution in [1.29, 1.82) is 0 Å². The van der Waals surface area contributed by atoms with Crippen LogP contribution in [0.5, 0.6) is 0 Å². The third-order valence-corrected chi connectivity index (χ3v) is 7.36. The van der Waals surface area contributed by atoms with Gasteiger partial charge in [-0.15, -0.1) is 11.3 Å². The zero-order valence-corrected chi connectivity index (χ0v) is 12.8. The molecule has 0 spiro atoms. The third-order valence-electron chi connectivity index (χ3n) is 3.08. The van der Waals surface area contributed by atoms with E-state index in [-0.39, 0.29) is 6.10 Å². The van der Waals surface area contributed by atoms with Crippen molar-refractivity contribution < 1.29 is 13.2 Å². The Morgan fingerprint density at radius 1 is 1.65 bits per heavy atom. The van der Waals surface area contributed by atoms with E-state index in [0.717, 1.165) is 0 Å². The highest BCUT2D eigenvalue weighted by molar-refractivity contribution is 9.10. The second-order valence-electron chi connectivity index (χ2n) is 4.34. The molecule has 0 saturated carbocycles. The highest BCUT2D eigenvalue weighted by Gasteiger charge is 2.41. The average molecular weight is 340 g/mol. The number of hydrogen-bond acceptors (Lipinski definition) is 4. The topological polar surface area (TPSA) is 55.4 Å². The number of thiophene rings is 1. The van der Waals surface area contributed by atoms with Gasteiger partial charge in [0.2, 0.25) is 0 Å². The van der Waals surface area contributed by atoms with Gasteiger partial charge in [-0.25, -0.2) is 13.1 Å². The maximum absolute atomic E-state index is 12.2. The van der Waals surface area contributed by atoms with Crippen LogP contribution in [0.15, 0.2) is 20.1 Å². The first-order valence-corrected chi connectivity index (χ1v) is 8.39. The van der Waals surface area contributed by atoms with Crippen LogP contribution in [0.1, 0.15) is 20.3 Å². The van der Waals surface area contributed by atoms with E-state index in [0.29, 0.717) is 21.7 Å². The molecule has 0 aromatic carbocycles. The van der Waals surface area contributed by atoms with E-state index in [1.807, 2.05) is 13.8 Å². The minimum Gasteiger partial charge on any atom is -0.376 e. The van der Waals surface area contributed by atoms with E-state index >= 15 is 0 Å². The molecule has 7 heteroatoms. The molecular weight excluding hydrogens is 326 g/mol. The Morgan fingerprint density at radius 3 is 2.82 bits per heavy atom. The first kappa shape index (κ1) is 13.5. The highest BCUT2D eigenvalue weighted by Crippen LogP contribution is 2.31. The van der Waals surface area contributed by atoms with E-state index in [1.165, 1.54) is 11.3 Å². The van der Waals surface area contributed by atoms with Gasteiger partial charge in [0.15, 0.2) is 0 Å². The van der Waals surface area contributed by atoms with Gasteiger partial charge >= 0.3 is 0 Å². The van der Waals surface area contributed by atoms with Crippen molar-refractivity contribution in [3.8, 4) is 0 Å². The largest absolute Gasteiger partial charge is 0.376 e. The summed E-state index contributed by atoms with van der Waals surface area (Å²) in [5, 5.41) is 1.75. The van der Waals surface area contributed by atoms with E-state index in [2.05, 4.69) is 20.7 Å². The molecule has 1 N–H and O–H groups in total. The fourth-order valence-electron chi connectivity index (χ4n) is 1.79. The Morgan fingerprint density at radius 2 is 2.35 bits per heavy atom. The van der Waals surface area contributed by atoms with Crippen LogP contribution in [-0.4, -0.2) is 26.7 Å². The summed E-state index contributed by atoms with van der Waals surface area (Å²) in [4.78, 5) is 0. The first-order chi connectivity index (χ1) is 7.85. The van der Waals surface area contributed by atoms with Gasteiger partial charge in [0.05, 0.1) is 11.6 Å². The maximum Gasteiger partial charge on any atom is 0.251 e. The lowest BCUT2D eigenvalue weighted by atomic mass is 9.97. The molecule has 0 aliphatic carbocycles. The van der Waals surface area contributed by atoms with Crippen LogP contribution in [0.2, 0.25) is 0 Å². The van der Waals surface area contributed by atoms with Crippen LogP contribution in [0.25, 0.3) is 0 Å². The summed E-state index contributed by atoms with van der Waals surface area (Å²) in [5.41, 5.74) is -0.526. The molecule has 0 amide bonds. The lowest BCUT2D eigenvalue weighted by Crippen LogP contribution is -2.50.